The molecule has 2 nitrogen and oxygen atoms in total. The molecule has 0 amide bonds. The van der Waals surface area contributed by atoms with Crippen LogP contribution in [0.15, 0.2) is 42.5 Å². The van der Waals surface area contributed by atoms with Crippen molar-refractivity contribution >= 4 is 6.29 Å². The van der Waals surface area contributed by atoms with Crippen molar-refractivity contribution < 1.29 is 22.7 Å². The maximum absolute atomic E-state index is 12.6. The summed E-state index contributed by atoms with van der Waals surface area (Å²) in [6.45, 7) is 1.81. The van der Waals surface area contributed by atoms with Crippen LogP contribution in [0, 0.1) is 6.92 Å². The molecule has 5 heteroatoms. The highest BCUT2D eigenvalue weighted by atomic mass is 19.4. The van der Waals surface area contributed by atoms with Crippen LogP contribution in [0.1, 0.15) is 27.0 Å². The highest BCUT2D eigenvalue weighted by molar-refractivity contribution is 5.75. The number of aldehydes is 1. The smallest absolute Gasteiger partial charge is 0.416 e. The summed E-state index contributed by atoms with van der Waals surface area (Å²) in [5.74, 6) is 0.540. The van der Waals surface area contributed by atoms with E-state index in [9.17, 15) is 18.0 Å². The van der Waals surface area contributed by atoms with E-state index in [4.69, 9.17) is 4.74 Å². The molecule has 0 aliphatic carbocycles. The van der Waals surface area contributed by atoms with Gasteiger partial charge in [0.15, 0.2) is 0 Å². The summed E-state index contributed by atoms with van der Waals surface area (Å²) in [5.41, 5.74) is 1.02. The molecule has 0 radical (unpaired) electrons. The number of halogens is 3. The van der Waals surface area contributed by atoms with Crippen molar-refractivity contribution in [3.05, 3.63) is 64.7 Å². The van der Waals surface area contributed by atoms with Gasteiger partial charge in [0.1, 0.15) is 18.6 Å². The van der Waals surface area contributed by atoms with Gasteiger partial charge in [0, 0.05) is 5.56 Å². The molecule has 0 aromatic heterocycles. The zero-order chi connectivity index (χ0) is 15.5. The Morgan fingerprint density at radius 1 is 1.14 bits per heavy atom. The van der Waals surface area contributed by atoms with E-state index in [1.807, 2.05) is 0 Å². The van der Waals surface area contributed by atoms with Gasteiger partial charge in [-0.15, -0.1) is 0 Å². The lowest BCUT2D eigenvalue weighted by Gasteiger charge is -2.11. The lowest BCUT2D eigenvalue weighted by atomic mass is 10.1. The number of carbonyl (C=O) groups excluding carboxylic acids is 1. The molecule has 0 heterocycles. The fourth-order valence-electron chi connectivity index (χ4n) is 1.91. The van der Waals surface area contributed by atoms with Crippen molar-refractivity contribution in [2.24, 2.45) is 0 Å². The zero-order valence-electron chi connectivity index (χ0n) is 11.3. The number of rotatable bonds is 4. The quantitative estimate of drug-likeness (QED) is 0.781. The molecule has 2 rings (SSSR count). The Kier molecular flexibility index (Phi) is 4.31. The third-order valence-electron chi connectivity index (χ3n) is 2.98. The van der Waals surface area contributed by atoms with Crippen molar-refractivity contribution in [1.82, 2.24) is 0 Å². The van der Waals surface area contributed by atoms with E-state index < -0.39 is 11.7 Å². The summed E-state index contributed by atoms with van der Waals surface area (Å²) < 4.78 is 43.3. The first-order valence-electron chi connectivity index (χ1n) is 6.25. The number of hydrogen-bond donors (Lipinski definition) is 0. The fourth-order valence-corrected chi connectivity index (χ4v) is 1.91. The predicted octanol–water partition coefficient (Wildman–Crippen LogP) is 4.41. The largest absolute Gasteiger partial charge is 0.489 e. The van der Waals surface area contributed by atoms with Gasteiger partial charge in [-0.2, -0.15) is 13.2 Å². The number of aryl methyl sites for hydroxylation is 1. The van der Waals surface area contributed by atoms with Crippen molar-refractivity contribution in [2.75, 3.05) is 0 Å². The highest BCUT2D eigenvalue weighted by Crippen LogP contribution is 2.30. The molecular formula is C16H13F3O2. The van der Waals surface area contributed by atoms with Crippen molar-refractivity contribution in [1.29, 1.82) is 0 Å². The SMILES string of the molecule is Cc1cc(C=O)ccc1OCc1cccc(C(F)(F)F)c1. The van der Waals surface area contributed by atoms with Crippen LogP contribution in [0.3, 0.4) is 0 Å². The van der Waals surface area contributed by atoms with Gasteiger partial charge in [-0.3, -0.25) is 4.79 Å². The summed E-state index contributed by atoms with van der Waals surface area (Å²) in [4.78, 5) is 10.6. The number of ether oxygens (including phenoxy) is 1. The molecule has 2 aromatic carbocycles. The van der Waals surface area contributed by atoms with Crippen LogP contribution in [0.4, 0.5) is 13.2 Å². The van der Waals surface area contributed by atoms with Gasteiger partial charge >= 0.3 is 6.18 Å². The molecule has 110 valence electrons. The Balaban J connectivity index is 2.11. The van der Waals surface area contributed by atoms with E-state index in [2.05, 4.69) is 0 Å². The van der Waals surface area contributed by atoms with E-state index in [0.717, 1.165) is 24.0 Å². The van der Waals surface area contributed by atoms with Gasteiger partial charge in [0.05, 0.1) is 5.56 Å². The number of hydrogen-bond acceptors (Lipinski definition) is 2. The molecule has 0 unspecified atom stereocenters. The summed E-state index contributed by atoms with van der Waals surface area (Å²) in [6, 6.07) is 9.90. The summed E-state index contributed by atoms with van der Waals surface area (Å²) in [6.07, 6.45) is -3.64. The van der Waals surface area contributed by atoms with Crippen molar-refractivity contribution in [3.63, 3.8) is 0 Å². The van der Waals surface area contributed by atoms with Crippen molar-refractivity contribution in [2.45, 2.75) is 19.7 Å². The zero-order valence-corrected chi connectivity index (χ0v) is 11.3. The molecular weight excluding hydrogens is 281 g/mol. The first kappa shape index (κ1) is 15.1. The van der Waals surface area contributed by atoms with E-state index in [1.165, 1.54) is 6.07 Å². The van der Waals surface area contributed by atoms with Crippen LogP contribution < -0.4 is 4.74 Å². The maximum atomic E-state index is 12.6. The summed E-state index contributed by atoms with van der Waals surface area (Å²) in [5, 5.41) is 0. The number of carbonyl (C=O) groups is 1. The first-order valence-corrected chi connectivity index (χ1v) is 6.25. The number of alkyl halides is 3. The minimum Gasteiger partial charge on any atom is -0.489 e. The average Bonchev–Trinajstić information content (AvgIpc) is 2.45. The summed E-state index contributed by atoms with van der Waals surface area (Å²) >= 11 is 0. The molecule has 0 aliphatic heterocycles. The molecule has 0 bridgehead atoms. The van der Waals surface area contributed by atoms with E-state index in [1.54, 1.807) is 31.2 Å². The molecule has 0 saturated heterocycles. The van der Waals surface area contributed by atoms with Crippen LogP contribution in [-0.4, -0.2) is 6.29 Å². The second-order valence-corrected chi connectivity index (χ2v) is 4.63. The van der Waals surface area contributed by atoms with Crippen LogP contribution in [0.2, 0.25) is 0 Å². The average molecular weight is 294 g/mol. The molecule has 0 N–H and O–H groups in total. The predicted molar refractivity (Wildman–Crippen MR) is 72.3 cm³/mol. The Morgan fingerprint density at radius 2 is 1.90 bits per heavy atom. The third kappa shape index (κ3) is 3.84. The van der Waals surface area contributed by atoms with Gasteiger partial charge in [-0.05, 0) is 48.4 Å². The molecule has 0 aliphatic rings. The van der Waals surface area contributed by atoms with Crippen LogP contribution in [-0.2, 0) is 12.8 Å². The highest BCUT2D eigenvalue weighted by Gasteiger charge is 2.30. The van der Waals surface area contributed by atoms with Crippen LogP contribution in [0.25, 0.3) is 0 Å². The minimum absolute atomic E-state index is 0.0329. The van der Waals surface area contributed by atoms with E-state index >= 15 is 0 Å². The van der Waals surface area contributed by atoms with Gasteiger partial charge in [0.2, 0.25) is 0 Å². The van der Waals surface area contributed by atoms with Crippen LogP contribution >= 0.6 is 0 Å². The monoisotopic (exact) mass is 294 g/mol. The standard InChI is InChI=1S/C16H13F3O2/c1-11-7-12(9-20)5-6-15(11)21-10-13-3-2-4-14(8-13)16(17,18)19/h2-9H,10H2,1H3. The van der Waals surface area contributed by atoms with E-state index in [0.29, 0.717) is 16.9 Å². The fraction of sp³-hybridized carbons (Fsp3) is 0.188. The Morgan fingerprint density at radius 3 is 2.52 bits per heavy atom. The minimum atomic E-state index is -4.36. The van der Waals surface area contributed by atoms with Crippen LogP contribution in [0.5, 0.6) is 5.75 Å². The normalized spacial score (nSPS) is 11.2. The van der Waals surface area contributed by atoms with Gasteiger partial charge < -0.3 is 4.74 Å². The maximum Gasteiger partial charge on any atom is 0.416 e. The lowest BCUT2D eigenvalue weighted by molar-refractivity contribution is -0.137. The molecule has 2 aromatic rings. The molecule has 21 heavy (non-hydrogen) atoms. The molecule has 0 spiro atoms. The Hall–Kier alpha value is -2.30. The van der Waals surface area contributed by atoms with Gasteiger partial charge in [-0.1, -0.05) is 12.1 Å². The Labute approximate surface area is 120 Å². The third-order valence-corrected chi connectivity index (χ3v) is 2.98. The first-order chi connectivity index (χ1) is 9.90. The van der Waals surface area contributed by atoms with E-state index in [-0.39, 0.29) is 6.61 Å². The lowest BCUT2D eigenvalue weighted by Crippen LogP contribution is -2.06. The van der Waals surface area contributed by atoms with Gasteiger partial charge in [0.25, 0.3) is 0 Å². The second kappa shape index (κ2) is 5.99. The Bertz CT molecular complexity index is 648. The summed E-state index contributed by atoms with van der Waals surface area (Å²) in [7, 11) is 0. The molecule has 0 fully saturated rings. The second-order valence-electron chi connectivity index (χ2n) is 4.63. The molecule has 0 saturated carbocycles. The van der Waals surface area contributed by atoms with Crippen molar-refractivity contribution in [3.8, 4) is 5.75 Å². The molecule has 0 atom stereocenters. The topological polar surface area (TPSA) is 26.3 Å². The number of benzene rings is 2. The van der Waals surface area contributed by atoms with Gasteiger partial charge in [-0.25, -0.2) is 0 Å².